The van der Waals surface area contributed by atoms with E-state index in [1.165, 1.54) is 29.3 Å². The van der Waals surface area contributed by atoms with Crippen molar-refractivity contribution in [2.75, 3.05) is 13.2 Å². The fourth-order valence-electron chi connectivity index (χ4n) is 3.21. The van der Waals surface area contributed by atoms with E-state index in [9.17, 15) is 0 Å². The Bertz CT molecular complexity index is 567. The van der Waals surface area contributed by atoms with Gasteiger partial charge in [-0.05, 0) is 49.1 Å². The van der Waals surface area contributed by atoms with Gasteiger partial charge in [-0.3, -0.25) is 0 Å². The highest BCUT2D eigenvalue weighted by molar-refractivity contribution is 5.83. The molecular weight excluding hydrogens is 248 g/mol. The number of hydrogen-bond acceptors (Lipinski definition) is 2. The van der Waals surface area contributed by atoms with Crippen LogP contribution in [0.4, 0.5) is 0 Å². The Morgan fingerprint density at radius 2 is 2.10 bits per heavy atom. The minimum Gasteiger partial charge on any atom is -0.381 e. The lowest BCUT2D eigenvalue weighted by molar-refractivity contribution is 0.0616. The molecule has 0 saturated carbocycles. The van der Waals surface area contributed by atoms with Crippen LogP contribution in [-0.2, 0) is 17.7 Å². The third-order valence-corrected chi connectivity index (χ3v) is 4.21. The van der Waals surface area contributed by atoms with Crippen LogP contribution in [0.25, 0.3) is 10.9 Å². The molecule has 0 radical (unpaired) electrons. The largest absolute Gasteiger partial charge is 0.381 e. The smallest absolute Gasteiger partial charge is 0.0513 e. The molecule has 0 bridgehead atoms. The molecule has 2 aromatic rings. The van der Waals surface area contributed by atoms with Crippen molar-refractivity contribution in [3.05, 3.63) is 36.0 Å². The molecule has 1 atom stereocenters. The third-order valence-electron chi connectivity index (χ3n) is 4.21. The Morgan fingerprint density at radius 3 is 2.85 bits per heavy atom. The van der Waals surface area contributed by atoms with E-state index in [-0.39, 0.29) is 6.04 Å². The summed E-state index contributed by atoms with van der Waals surface area (Å²) in [4.78, 5) is 0. The first-order chi connectivity index (χ1) is 9.74. The van der Waals surface area contributed by atoms with Gasteiger partial charge in [0.1, 0.15) is 0 Å². The normalized spacial score (nSPS) is 18.5. The van der Waals surface area contributed by atoms with Gasteiger partial charge in [-0.2, -0.15) is 0 Å². The standard InChI is InChI=1S/C17H24N2O/c1-13(18)11-16-4-2-3-15-5-8-19(17(15)16)12-14-6-9-20-10-7-14/h2-5,8,13-14H,6-7,9-12,18H2,1H3. The summed E-state index contributed by atoms with van der Waals surface area (Å²) < 4.78 is 7.88. The number of para-hydroxylation sites is 1. The van der Waals surface area contributed by atoms with Crippen LogP contribution in [0, 0.1) is 5.92 Å². The molecule has 0 aliphatic carbocycles. The Morgan fingerprint density at radius 1 is 1.30 bits per heavy atom. The molecular formula is C17H24N2O. The Hall–Kier alpha value is -1.32. The number of nitrogens with two attached hydrogens (primary N) is 1. The highest BCUT2D eigenvalue weighted by Gasteiger charge is 2.16. The molecule has 1 aromatic carbocycles. The van der Waals surface area contributed by atoms with Crippen LogP contribution < -0.4 is 5.73 Å². The molecule has 20 heavy (non-hydrogen) atoms. The zero-order chi connectivity index (χ0) is 13.9. The third kappa shape index (κ3) is 2.89. The van der Waals surface area contributed by atoms with Crippen LogP contribution in [0.3, 0.4) is 0 Å². The van der Waals surface area contributed by atoms with E-state index in [0.717, 1.165) is 32.1 Å². The van der Waals surface area contributed by atoms with E-state index in [0.29, 0.717) is 0 Å². The van der Waals surface area contributed by atoms with Crippen LogP contribution >= 0.6 is 0 Å². The summed E-state index contributed by atoms with van der Waals surface area (Å²) in [5, 5.41) is 1.33. The van der Waals surface area contributed by atoms with Gasteiger partial charge in [-0.1, -0.05) is 18.2 Å². The number of fused-ring (bicyclic) bond motifs is 1. The fourth-order valence-corrected chi connectivity index (χ4v) is 3.21. The molecule has 108 valence electrons. The van der Waals surface area contributed by atoms with Gasteiger partial charge in [0.2, 0.25) is 0 Å². The molecule has 3 rings (SSSR count). The highest BCUT2D eigenvalue weighted by Crippen LogP contribution is 2.25. The molecule has 0 spiro atoms. The maximum atomic E-state index is 5.99. The zero-order valence-corrected chi connectivity index (χ0v) is 12.2. The monoisotopic (exact) mass is 272 g/mol. The van der Waals surface area contributed by atoms with Crippen LogP contribution in [0.15, 0.2) is 30.5 Å². The zero-order valence-electron chi connectivity index (χ0n) is 12.2. The van der Waals surface area contributed by atoms with Gasteiger partial charge in [0, 0.05) is 32.0 Å². The van der Waals surface area contributed by atoms with Crippen LogP contribution in [0.1, 0.15) is 25.3 Å². The van der Waals surface area contributed by atoms with Crippen molar-refractivity contribution in [3.8, 4) is 0 Å². The predicted molar refractivity (Wildman–Crippen MR) is 82.8 cm³/mol. The number of aromatic nitrogens is 1. The molecule has 1 unspecified atom stereocenters. The summed E-state index contributed by atoms with van der Waals surface area (Å²) in [6, 6.07) is 8.97. The van der Waals surface area contributed by atoms with Gasteiger partial charge in [0.25, 0.3) is 0 Å². The first kappa shape index (κ1) is 13.7. The number of ether oxygens (including phenoxy) is 1. The number of hydrogen-bond donors (Lipinski definition) is 1. The second kappa shape index (κ2) is 5.98. The van der Waals surface area contributed by atoms with Gasteiger partial charge in [0.05, 0.1) is 5.52 Å². The Balaban J connectivity index is 1.89. The summed E-state index contributed by atoms with van der Waals surface area (Å²) in [5.41, 5.74) is 8.73. The summed E-state index contributed by atoms with van der Waals surface area (Å²) in [6.07, 6.45) is 5.52. The Labute approximate surface area is 120 Å². The number of nitrogens with zero attached hydrogens (tertiary/aromatic N) is 1. The first-order valence-corrected chi connectivity index (χ1v) is 7.64. The summed E-state index contributed by atoms with van der Waals surface area (Å²) >= 11 is 0. The average molecular weight is 272 g/mol. The quantitative estimate of drug-likeness (QED) is 0.929. The van der Waals surface area contributed by atoms with Gasteiger partial charge >= 0.3 is 0 Å². The van der Waals surface area contributed by atoms with Crippen molar-refractivity contribution in [1.82, 2.24) is 4.57 Å². The molecule has 1 aliphatic heterocycles. The maximum Gasteiger partial charge on any atom is 0.0513 e. The molecule has 1 aromatic heterocycles. The summed E-state index contributed by atoms with van der Waals surface area (Å²) in [5.74, 6) is 0.739. The van der Waals surface area contributed by atoms with Crippen molar-refractivity contribution in [2.24, 2.45) is 11.7 Å². The van der Waals surface area contributed by atoms with Gasteiger partial charge in [-0.25, -0.2) is 0 Å². The van der Waals surface area contributed by atoms with Crippen LogP contribution in [-0.4, -0.2) is 23.8 Å². The molecule has 1 saturated heterocycles. The fraction of sp³-hybridized carbons (Fsp3) is 0.529. The minimum absolute atomic E-state index is 0.201. The van der Waals surface area contributed by atoms with Crippen molar-refractivity contribution in [3.63, 3.8) is 0 Å². The second-order valence-corrected chi connectivity index (χ2v) is 6.06. The molecule has 2 N–H and O–H groups in total. The maximum absolute atomic E-state index is 5.99. The molecule has 3 nitrogen and oxygen atoms in total. The topological polar surface area (TPSA) is 40.2 Å². The molecule has 2 heterocycles. The minimum atomic E-state index is 0.201. The lowest BCUT2D eigenvalue weighted by Crippen LogP contribution is -2.21. The molecule has 1 fully saturated rings. The summed E-state index contributed by atoms with van der Waals surface area (Å²) in [7, 11) is 0. The van der Waals surface area contributed by atoms with E-state index in [4.69, 9.17) is 10.5 Å². The van der Waals surface area contributed by atoms with Crippen LogP contribution in [0.2, 0.25) is 0 Å². The lowest BCUT2D eigenvalue weighted by Gasteiger charge is -2.23. The van der Waals surface area contributed by atoms with Crippen molar-refractivity contribution in [1.29, 1.82) is 0 Å². The molecule has 3 heteroatoms. The number of benzene rings is 1. The highest BCUT2D eigenvalue weighted by atomic mass is 16.5. The first-order valence-electron chi connectivity index (χ1n) is 7.64. The van der Waals surface area contributed by atoms with Gasteiger partial charge < -0.3 is 15.0 Å². The van der Waals surface area contributed by atoms with Gasteiger partial charge in [0.15, 0.2) is 0 Å². The SMILES string of the molecule is CC(N)Cc1cccc2ccn(CC3CCOCC3)c12. The lowest BCUT2D eigenvalue weighted by atomic mass is 10.00. The van der Waals surface area contributed by atoms with Crippen molar-refractivity contribution < 1.29 is 4.74 Å². The molecule has 1 aliphatic rings. The van der Waals surface area contributed by atoms with E-state index in [1.807, 2.05) is 0 Å². The predicted octanol–water partition coefficient (Wildman–Crippen LogP) is 2.96. The average Bonchev–Trinajstić information content (AvgIpc) is 2.84. The van der Waals surface area contributed by atoms with E-state index in [2.05, 4.69) is 42.0 Å². The molecule has 0 amide bonds. The second-order valence-electron chi connectivity index (χ2n) is 6.06. The van der Waals surface area contributed by atoms with Gasteiger partial charge in [-0.15, -0.1) is 0 Å². The summed E-state index contributed by atoms with van der Waals surface area (Å²) in [6.45, 7) is 5.00. The van der Waals surface area contributed by atoms with E-state index >= 15 is 0 Å². The Kier molecular flexibility index (Phi) is 4.08. The number of rotatable bonds is 4. The van der Waals surface area contributed by atoms with Crippen molar-refractivity contribution >= 4 is 10.9 Å². The van der Waals surface area contributed by atoms with Crippen molar-refractivity contribution in [2.45, 2.75) is 38.8 Å². The van der Waals surface area contributed by atoms with E-state index in [1.54, 1.807) is 0 Å². The van der Waals surface area contributed by atoms with Crippen LogP contribution in [0.5, 0.6) is 0 Å². The van der Waals surface area contributed by atoms with E-state index < -0.39 is 0 Å².